The molecule has 0 nitrogen and oxygen atoms in total. The van der Waals surface area contributed by atoms with E-state index in [1.807, 2.05) is 0 Å². The summed E-state index contributed by atoms with van der Waals surface area (Å²) < 4.78 is 0. The van der Waals surface area contributed by atoms with Crippen LogP contribution in [0.15, 0.2) is 558 Å². The highest BCUT2D eigenvalue weighted by atomic mass is 14.2. The third-order valence-electron chi connectivity index (χ3n) is 28.3. The molecule has 0 unspecified atom stereocenters. The molecule has 0 heteroatoms. The second-order valence-electron chi connectivity index (χ2n) is 37.2. The fourth-order valence-corrected chi connectivity index (χ4v) is 20.7. The van der Waals surface area contributed by atoms with Crippen molar-refractivity contribution in [1.29, 1.82) is 0 Å². The van der Waals surface area contributed by atoms with E-state index in [2.05, 4.69) is 558 Å². The highest BCUT2D eigenvalue weighted by Crippen LogP contribution is 2.40. The van der Waals surface area contributed by atoms with Gasteiger partial charge in [0.05, 0.1) is 0 Å². The Labute approximate surface area is 813 Å². The first-order chi connectivity index (χ1) is 69.2. The summed E-state index contributed by atoms with van der Waals surface area (Å²) in [4.78, 5) is 0. The first-order valence-electron chi connectivity index (χ1n) is 48.4. The van der Waals surface area contributed by atoms with Crippen molar-refractivity contribution in [3.8, 4) is 77.9 Å². The van der Waals surface area contributed by atoms with Crippen LogP contribution in [0.1, 0.15) is 0 Å². The molecule has 0 aliphatic carbocycles. The van der Waals surface area contributed by atoms with E-state index in [9.17, 15) is 0 Å². The number of rotatable bonds is 7. The van der Waals surface area contributed by atoms with Gasteiger partial charge in [0.1, 0.15) is 0 Å². The molecular weight excluding hydrogens is 1680 g/mol. The van der Waals surface area contributed by atoms with Crippen LogP contribution in [0.2, 0.25) is 0 Å². The average Bonchev–Trinajstić information content (AvgIpc) is 0.765. The van der Waals surface area contributed by atoms with E-state index < -0.39 is 0 Å². The lowest BCUT2D eigenvalue weighted by Gasteiger charge is -2.09. The Morgan fingerprint density at radius 1 is 0.0500 bits per heavy atom. The smallest absolute Gasteiger partial charge is 0.0171 e. The van der Waals surface area contributed by atoms with Crippen LogP contribution in [-0.2, 0) is 0 Å². The lowest BCUT2D eigenvalue weighted by molar-refractivity contribution is 1.61. The van der Waals surface area contributed by atoms with Crippen molar-refractivity contribution in [3.05, 3.63) is 558 Å². The third kappa shape index (κ3) is 17.2. The monoisotopic (exact) mass is 1770 g/mol. The Kier molecular flexibility index (Phi) is 21.8. The minimum Gasteiger partial charge on any atom is -0.0616 e. The molecule has 29 rings (SSSR count). The molecule has 0 atom stereocenters. The van der Waals surface area contributed by atoms with Gasteiger partial charge in [0.15, 0.2) is 0 Å². The van der Waals surface area contributed by atoms with Gasteiger partial charge in [0.25, 0.3) is 0 Å². The Bertz CT molecular complexity index is 9320. The number of hydrogen-bond donors (Lipinski definition) is 0. The van der Waals surface area contributed by atoms with Crippen molar-refractivity contribution in [1.82, 2.24) is 0 Å². The summed E-state index contributed by atoms with van der Waals surface area (Å²) in [5.74, 6) is 0. The topological polar surface area (TPSA) is 0 Å². The number of fused-ring (bicyclic) bond motifs is 17. The summed E-state index contributed by atoms with van der Waals surface area (Å²) in [6.07, 6.45) is 0. The van der Waals surface area contributed by atoms with Gasteiger partial charge in [0.2, 0.25) is 0 Å². The maximum absolute atomic E-state index is 2.32. The maximum atomic E-state index is 2.32. The fraction of sp³-hybridized carbons (Fsp3) is 0. The van der Waals surface area contributed by atoms with Crippen LogP contribution in [0.5, 0.6) is 0 Å². The summed E-state index contributed by atoms with van der Waals surface area (Å²) in [6.45, 7) is 0. The second kappa shape index (κ2) is 36.5. The molecule has 0 saturated heterocycles. The Hall–Kier alpha value is -18.2. The summed E-state index contributed by atoms with van der Waals surface area (Å²) in [7, 11) is 0. The molecule has 0 aliphatic rings. The van der Waals surface area contributed by atoms with Gasteiger partial charge >= 0.3 is 0 Å². The van der Waals surface area contributed by atoms with E-state index in [-0.39, 0.29) is 0 Å². The van der Waals surface area contributed by atoms with Gasteiger partial charge < -0.3 is 0 Å². The average molecular weight is 1770 g/mol. The number of benzene rings is 29. The van der Waals surface area contributed by atoms with Crippen LogP contribution in [-0.4, -0.2) is 0 Å². The molecule has 0 fully saturated rings. The van der Waals surface area contributed by atoms with Crippen molar-refractivity contribution in [2.75, 3.05) is 0 Å². The van der Waals surface area contributed by atoms with Crippen molar-refractivity contribution in [2.24, 2.45) is 0 Å². The van der Waals surface area contributed by atoms with E-state index in [1.54, 1.807) is 0 Å². The zero-order chi connectivity index (χ0) is 92.8. The van der Waals surface area contributed by atoms with Gasteiger partial charge in [-0.1, -0.05) is 413 Å². The fourth-order valence-electron chi connectivity index (χ4n) is 20.7. The van der Waals surface area contributed by atoms with Crippen LogP contribution in [0.4, 0.5) is 0 Å². The van der Waals surface area contributed by atoms with E-state index in [4.69, 9.17) is 0 Å². The Balaban J connectivity index is 0.0000000941. The summed E-state index contributed by atoms with van der Waals surface area (Å²) in [6, 6.07) is 203. The highest BCUT2D eigenvalue weighted by molar-refractivity contribution is 6.11. The van der Waals surface area contributed by atoms with Gasteiger partial charge in [-0.15, -0.1) is 0 Å². The molecule has 0 aliphatic heterocycles. The minimum atomic E-state index is 1.24. The van der Waals surface area contributed by atoms with Crippen LogP contribution in [0.25, 0.3) is 261 Å². The van der Waals surface area contributed by atoms with E-state index in [0.717, 1.165) is 0 Å². The van der Waals surface area contributed by atoms with Crippen molar-refractivity contribution in [3.63, 3.8) is 0 Å². The molecule has 652 valence electrons. The minimum absolute atomic E-state index is 1.24. The Morgan fingerprint density at radius 2 is 0.129 bits per heavy atom. The Morgan fingerprint density at radius 3 is 0.279 bits per heavy atom. The normalized spacial score (nSPS) is 11.4. The zero-order valence-corrected chi connectivity index (χ0v) is 77.1. The molecule has 0 bridgehead atoms. The lowest BCUT2D eigenvalue weighted by Crippen LogP contribution is -1.83. The van der Waals surface area contributed by atoms with Crippen LogP contribution >= 0.6 is 0 Å². The molecule has 0 amide bonds. The van der Waals surface area contributed by atoms with Crippen LogP contribution in [0, 0.1) is 0 Å². The second-order valence-corrected chi connectivity index (χ2v) is 37.2. The zero-order valence-electron chi connectivity index (χ0n) is 77.1. The van der Waals surface area contributed by atoms with Gasteiger partial charge in [-0.05, 0) is 407 Å². The van der Waals surface area contributed by atoms with Crippen molar-refractivity contribution >= 4 is 183 Å². The number of hydrogen-bond acceptors (Lipinski definition) is 0. The summed E-state index contributed by atoms with van der Waals surface area (Å²) in [5.41, 5.74) is 17.5. The molecule has 29 aromatic rings. The SMILES string of the molecule is c1ccc2cc(-c3ccc(-c4ccc5cc(-c6ccc7ccccc7c6)ccc5c4)cc3)ccc2c1.c1ccc2cc(-c3ccc4cc(-c5ccc6ccccc6c5)ccc4c3)ccc2c1.c1ccc2cc(-c3ccc4cc5cc(-c6ccc7ccccc7c6)ccc5cc4c3)ccc2c1.c1ccc2cc3cc4cc5ccccc5cc4cc3cc2c1.c1ccc2cc3cc4ccccc4cc3cc2c1. The predicted octanol–water partition coefficient (Wildman–Crippen LogP) is 39.7. The van der Waals surface area contributed by atoms with E-state index in [1.165, 1.54) is 261 Å². The van der Waals surface area contributed by atoms with Crippen molar-refractivity contribution < 1.29 is 0 Å². The lowest BCUT2D eigenvalue weighted by atomic mass is 9.95. The molecule has 0 saturated carbocycles. The molecular formula is C140H92. The van der Waals surface area contributed by atoms with Gasteiger partial charge in [0, 0.05) is 0 Å². The maximum Gasteiger partial charge on any atom is -0.0171 e. The van der Waals surface area contributed by atoms with E-state index in [0.29, 0.717) is 0 Å². The van der Waals surface area contributed by atoms with Gasteiger partial charge in [-0.25, -0.2) is 0 Å². The molecule has 29 aromatic carbocycles. The quantitative estimate of drug-likeness (QED) is 0.140. The molecule has 0 N–H and O–H groups in total. The predicted molar refractivity (Wildman–Crippen MR) is 608 cm³/mol. The largest absolute Gasteiger partial charge is 0.0616 e. The third-order valence-corrected chi connectivity index (χ3v) is 28.3. The summed E-state index contributed by atoms with van der Waals surface area (Å²) in [5, 5.41) is 43.8. The molecule has 0 aromatic heterocycles. The van der Waals surface area contributed by atoms with Gasteiger partial charge in [-0.3, -0.25) is 0 Å². The highest BCUT2D eigenvalue weighted by Gasteiger charge is 2.14. The molecule has 140 heavy (non-hydrogen) atoms. The molecule has 0 spiro atoms. The van der Waals surface area contributed by atoms with Crippen molar-refractivity contribution in [2.45, 2.75) is 0 Å². The van der Waals surface area contributed by atoms with Crippen LogP contribution in [0.3, 0.4) is 0 Å². The summed E-state index contributed by atoms with van der Waals surface area (Å²) >= 11 is 0. The first kappa shape index (κ1) is 83.6. The first-order valence-corrected chi connectivity index (χ1v) is 48.4. The van der Waals surface area contributed by atoms with Gasteiger partial charge in [-0.2, -0.15) is 0 Å². The van der Waals surface area contributed by atoms with Crippen LogP contribution < -0.4 is 0 Å². The standard InChI is InChI=1S/C36H24.C34H22.C30H20.C22H14.C18H12/c1-3-7-29-21-31(15-13-25(29)5-1)27-9-11-28(12-10-27)32-17-18-35-24-36(20-19-34(35)23-32)33-16-14-26-6-2-4-8-30(26)22-33;1-3-7-25-17-27(11-9-23(25)5-1)29-13-15-31-22-34-20-30(14-16-32(34)21-33(31)19-29)28-12-10-24-6-2-4-8-26(24)18-28;1-3-7-23-17-25(11-9-21(23)5-1)27-13-15-30-20-28(14-16-29(30)19-27)26-12-10-22-6-2-4-8-24(22)18-26;1-2-6-16-10-20-14-22-12-18-8-4-3-7-17(18)11-21(22)13-19(20)9-15(16)5-1;1-2-6-14-10-18-12-16-8-4-3-7-15(16)11-17(18)9-13(14)5-1/h1-24H;1-22H;1-20H;1-14H;1-12H. The molecule has 0 heterocycles. The molecule has 0 radical (unpaired) electrons. The van der Waals surface area contributed by atoms with E-state index >= 15 is 0 Å².